The summed E-state index contributed by atoms with van der Waals surface area (Å²) < 4.78 is 41.2. The van der Waals surface area contributed by atoms with Gasteiger partial charge in [0.1, 0.15) is 11.3 Å². The first-order valence-corrected chi connectivity index (χ1v) is 12.7. The summed E-state index contributed by atoms with van der Waals surface area (Å²) >= 11 is 0. The zero-order valence-electron chi connectivity index (χ0n) is 21.3. The third kappa shape index (κ3) is 6.30. The molecule has 0 bridgehead atoms. The number of alkyl halides is 3. The summed E-state index contributed by atoms with van der Waals surface area (Å²) in [5, 5.41) is 12.9. The van der Waals surface area contributed by atoms with E-state index in [-0.39, 0.29) is 18.0 Å². The molecule has 4 rings (SSSR count). The number of hydrogen-bond acceptors (Lipinski definition) is 5. The third-order valence-electron chi connectivity index (χ3n) is 6.27. The van der Waals surface area contributed by atoms with Crippen LogP contribution in [-0.2, 0) is 12.7 Å². The topological polar surface area (TPSA) is 92.9 Å². The fraction of sp³-hybridized carbons (Fsp3) is 0.357. The molecule has 7 nitrogen and oxygen atoms in total. The van der Waals surface area contributed by atoms with Crippen molar-refractivity contribution in [3.63, 3.8) is 0 Å². The molecule has 2 aromatic carbocycles. The molecule has 0 radical (unpaired) electrons. The van der Waals surface area contributed by atoms with Crippen molar-refractivity contribution in [3.05, 3.63) is 71.0 Å². The van der Waals surface area contributed by atoms with Crippen LogP contribution in [0.5, 0.6) is 0 Å². The van der Waals surface area contributed by atoms with Gasteiger partial charge in [-0.15, -0.1) is 0 Å². The lowest BCUT2D eigenvalue weighted by atomic mass is 10.1. The maximum absolute atomic E-state index is 13.1. The summed E-state index contributed by atoms with van der Waals surface area (Å²) in [5.41, 5.74) is 2.37. The minimum atomic E-state index is -4.43. The molecule has 2 heterocycles. The fourth-order valence-corrected chi connectivity index (χ4v) is 4.33. The average molecular weight is 526 g/mol. The Bertz CT molecular complexity index is 1410. The van der Waals surface area contributed by atoms with Crippen LogP contribution in [-0.4, -0.2) is 37.1 Å². The van der Waals surface area contributed by atoms with Crippen LogP contribution in [0.2, 0.25) is 0 Å². The standard InChI is InChI=1S/C28H30F3N5O2/c1-3-4-5-6-7-15-32-23-22-24(34-25(33-23)27(37)38)35-26(20-10-8-9-18(2)16-20)36(22)17-19-11-13-21(14-12-19)28(29,30)31/h8-14,16H,3-7,15,17H2,1-2H3,(H,37,38)(H,32,33,34). The van der Waals surface area contributed by atoms with E-state index in [1.165, 1.54) is 12.1 Å². The molecule has 2 N–H and O–H groups in total. The average Bonchev–Trinajstić information content (AvgIpc) is 3.24. The van der Waals surface area contributed by atoms with E-state index < -0.39 is 17.7 Å². The largest absolute Gasteiger partial charge is 0.475 e. The number of nitrogens with zero attached hydrogens (tertiary/aromatic N) is 4. The number of hydrogen-bond donors (Lipinski definition) is 2. The number of carboxylic acid groups (broad SMARTS) is 1. The number of aromatic carboxylic acids is 1. The Morgan fingerprint density at radius 2 is 1.74 bits per heavy atom. The molecule has 200 valence electrons. The van der Waals surface area contributed by atoms with Crippen LogP contribution >= 0.6 is 0 Å². The molecular weight excluding hydrogens is 495 g/mol. The first-order chi connectivity index (χ1) is 18.2. The molecule has 0 saturated carbocycles. The summed E-state index contributed by atoms with van der Waals surface area (Å²) in [4.78, 5) is 24.9. The van der Waals surface area contributed by atoms with Crippen molar-refractivity contribution >= 4 is 23.0 Å². The van der Waals surface area contributed by atoms with Crippen LogP contribution in [0.3, 0.4) is 0 Å². The monoisotopic (exact) mass is 525 g/mol. The van der Waals surface area contributed by atoms with Crippen LogP contribution in [0.4, 0.5) is 19.0 Å². The third-order valence-corrected chi connectivity index (χ3v) is 6.27. The van der Waals surface area contributed by atoms with Crippen LogP contribution in [0.1, 0.15) is 66.3 Å². The second-order valence-corrected chi connectivity index (χ2v) is 9.30. The summed E-state index contributed by atoms with van der Waals surface area (Å²) in [7, 11) is 0. The van der Waals surface area contributed by atoms with Gasteiger partial charge in [0.25, 0.3) is 0 Å². The van der Waals surface area contributed by atoms with Crippen molar-refractivity contribution in [1.82, 2.24) is 19.5 Å². The number of aromatic nitrogens is 4. The number of halogens is 3. The number of fused-ring (bicyclic) bond motifs is 1. The van der Waals surface area contributed by atoms with E-state index in [1.54, 1.807) is 0 Å². The Kier molecular flexibility index (Phi) is 8.29. The lowest BCUT2D eigenvalue weighted by molar-refractivity contribution is -0.137. The molecular formula is C28H30F3N5O2. The number of carbonyl (C=O) groups is 1. The van der Waals surface area contributed by atoms with Crippen LogP contribution in [0.25, 0.3) is 22.6 Å². The lowest BCUT2D eigenvalue weighted by Crippen LogP contribution is -2.12. The molecule has 0 spiro atoms. The predicted octanol–water partition coefficient (Wildman–Crippen LogP) is 6.95. The molecule has 0 aliphatic heterocycles. The fourth-order valence-electron chi connectivity index (χ4n) is 4.33. The number of anilines is 1. The van der Waals surface area contributed by atoms with Gasteiger partial charge in [-0.3, -0.25) is 0 Å². The molecule has 0 amide bonds. The summed E-state index contributed by atoms with van der Waals surface area (Å²) in [6.07, 6.45) is 0.878. The Morgan fingerprint density at radius 1 is 1.00 bits per heavy atom. The minimum absolute atomic E-state index is 0.193. The lowest BCUT2D eigenvalue weighted by Gasteiger charge is -2.14. The smallest absolute Gasteiger partial charge is 0.416 e. The van der Waals surface area contributed by atoms with E-state index in [0.717, 1.165) is 55.4 Å². The van der Waals surface area contributed by atoms with Gasteiger partial charge in [0.05, 0.1) is 5.56 Å². The maximum atomic E-state index is 13.1. The van der Waals surface area contributed by atoms with Gasteiger partial charge in [-0.2, -0.15) is 13.2 Å². The molecule has 0 aliphatic carbocycles. The van der Waals surface area contributed by atoms with Gasteiger partial charge in [-0.1, -0.05) is 68.5 Å². The highest BCUT2D eigenvalue weighted by molar-refractivity contribution is 5.92. The maximum Gasteiger partial charge on any atom is 0.416 e. The molecule has 10 heteroatoms. The van der Waals surface area contributed by atoms with E-state index >= 15 is 0 Å². The van der Waals surface area contributed by atoms with Gasteiger partial charge in [0, 0.05) is 18.7 Å². The van der Waals surface area contributed by atoms with Crippen molar-refractivity contribution in [2.24, 2.45) is 0 Å². The van der Waals surface area contributed by atoms with E-state index in [1.807, 2.05) is 35.8 Å². The molecule has 0 atom stereocenters. The second-order valence-electron chi connectivity index (χ2n) is 9.30. The number of rotatable bonds is 11. The first kappa shape index (κ1) is 27.1. The number of nitrogens with one attached hydrogen (secondary N) is 1. The highest BCUT2D eigenvalue weighted by Crippen LogP contribution is 2.32. The summed E-state index contributed by atoms with van der Waals surface area (Å²) in [6.45, 7) is 4.87. The van der Waals surface area contributed by atoms with Crippen LogP contribution in [0, 0.1) is 6.92 Å². The molecule has 0 fully saturated rings. The Balaban J connectivity index is 1.80. The van der Waals surface area contributed by atoms with Gasteiger partial charge in [-0.05, 0) is 37.1 Å². The van der Waals surface area contributed by atoms with E-state index in [2.05, 4.69) is 27.2 Å². The SMILES string of the molecule is CCCCCCCNc1nc(C(=O)O)nc2nc(-c3cccc(C)c3)n(Cc3ccc(C(F)(F)F)cc3)c12. The number of carboxylic acids is 1. The van der Waals surface area contributed by atoms with Crippen molar-refractivity contribution in [2.75, 3.05) is 11.9 Å². The number of imidazole rings is 1. The van der Waals surface area contributed by atoms with E-state index in [9.17, 15) is 23.1 Å². The zero-order valence-corrected chi connectivity index (χ0v) is 21.3. The van der Waals surface area contributed by atoms with Gasteiger partial charge in [0.2, 0.25) is 5.82 Å². The molecule has 4 aromatic rings. The van der Waals surface area contributed by atoms with Crippen LogP contribution < -0.4 is 5.32 Å². The number of unbranched alkanes of at least 4 members (excludes halogenated alkanes) is 4. The molecule has 0 saturated heterocycles. The minimum Gasteiger partial charge on any atom is -0.475 e. The molecule has 0 unspecified atom stereocenters. The predicted molar refractivity (Wildman–Crippen MR) is 140 cm³/mol. The number of aryl methyl sites for hydroxylation is 1. The summed E-state index contributed by atoms with van der Waals surface area (Å²) in [6, 6.07) is 12.6. The second kappa shape index (κ2) is 11.6. The van der Waals surface area contributed by atoms with Crippen molar-refractivity contribution in [1.29, 1.82) is 0 Å². The van der Waals surface area contributed by atoms with Gasteiger partial charge >= 0.3 is 12.1 Å². The van der Waals surface area contributed by atoms with Gasteiger partial charge in [-0.25, -0.2) is 19.7 Å². The molecule has 2 aromatic heterocycles. The number of benzene rings is 2. The van der Waals surface area contributed by atoms with Crippen LogP contribution in [0.15, 0.2) is 48.5 Å². The van der Waals surface area contributed by atoms with Crippen molar-refractivity contribution in [3.8, 4) is 11.4 Å². The Labute approximate surface area is 218 Å². The van der Waals surface area contributed by atoms with E-state index in [0.29, 0.717) is 29.3 Å². The zero-order chi connectivity index (χ0) is 27.3. The molecule has 38 heavy (non-hydrogen) atoms. The first-order valence-electron chi connectivity index (χ1n) is 12.7. The normalized spacial score (nSPS) is 11.7. The van der Waals surface area contributed by atoms with Crippen molar-refractivity contribution < 1.29 is 23.1 Å². The highest BCUT2D eigenvalue weighted by Gasteiger charge is 2.30. The quantitative estimate of drug-likeness (QED) is 0.206. The van der Waals surface area contributed by atoms with E-state index in [4.69, 9.17) is 0 Å². The summed E-state index contributed by atoms with van der Waals surface area (Å²) in [5.74, 6) is -0.791. The Morgan fingerprint density at radius 3 is 2.39 bits per heavy atom. The highest BCUT2D eigenvalue weighted by atomic mass is 19.4. The Hall–Kier alpha value is -3.95. The molecule has 0 aliphatic rings. The van der Waals surface area contributed by atoms with Gasteiger partial charge < -0.3 is 15.0 Å². The van der Waals surface area contributed by atoms with Crippen molar-refractivity contribution in [2.45, 2.75) is 58.7 Å². The van der Waals surface area contributed by atoms with Gasteiger partial charge in [0.15, 0.2) is 11.5 Å².